The Hall–Kier alpha value is -0.820. The molecule has 0 aliphatic heterocycles. The minimum Gasteiger partial charge on any atom is -0.314 e. The molecule has 0 amide bonds. The van der Waals surface area contributed by atoms with Crippen molar-refractivity contribution >= 4 is 0 Å². The van der Waals surface area contributed by atoms with Crippen LogP contribution in [0.3, 0.4) is 0 Å². The van der Waals surface area contributed by atoms with Crippen LogP contribution in [-0.2, 0) is 6.42 Å². The summed E-state index contributed by atoms with van der Waals surface area (Å²) in [5.41, 5.74) is 1.49. The van der Waals surface area contributed by atoms with Crippen LogP contribution in [-0.4, -0.2) is 12.6 Å². The number of hydrogen-bond acceptors (Lipinski definition) is 1. The van der Waals surface area contributed by atoms with Crippen molar-refractivity contribution in [2.75, 3.05) is 6.54 Å². The maximum atomic E-state index is 3.74. The van der Waals surface area contributed by atoms with Gasteiger partial charge in [-0.2, -0.15) is 0 Å². The average molecular weight is 287 g/mol. The van der Waals surface area contributed by atoms with E-state index in [1.54, 1.807) is 0 Å². The summed E-state index contributed by atoms with van der Waals surface area (Å²) in [4.78, 5) is 0. The molecule has 1 atom stereocenters. The van der Waals surface area contributed by atoms with Crippen molar-refractivity contribution in [3.05, 3.63) is 35.9 Å². The van der Waals surface area contributed by atoms with Gasteiger partial charge in [-0.05, 0) is 43.7 Å². The number of aryl methyl sites for hydroxylation is 1. The van der Waals surface area contributed by atoms with Gasteiger partial charge in [-0.3, -0.25) is 0 Å². The Morgan fingerprint density at radius 2 is 1.76 bits per heavy atom. The largest absolute Gasteiger partial charge is 0.314 e. The van der Waals surface area contributed by atoms with E-state index in [2.05, 4.69) is 42.6 Å². The van der Waals surface area contributed by atoms with E-state index in [1.165, 1.54) is 69.8 Å². The molecule has 1 aromatic carbocycles. The second kappa shape index (κ2) is 10.00. The van der Waals surface area contributed by atoms with E-state index in [1.807, 2.05) is 0 Å². The third kappa shape index (κ3) is 6.65. The molecule has 0 aromatic heterocycles. The van der Waals surface area contributed by atoms with Crippen molar-refractivity contribution in [1.82, 2.24) is 5.32 Å². The summed E-state index contributed by atoms with van der Waals surface area (Å²) in [6.45, 7) is 3.36. The predicted octanol–water partition coefficient (Wildman–Crippen LogP) is 5.35. The first-order valence-corrected chi connectivity index (χ1v) is 9.15. The Kier molecular flexibility index (Phi) is 7.88. The molecule has 1 fully saturated rings. The lowest BCUT2D eigenvalue weighted by Crippen LogP contribution is -2.31. The zero-order valence-corrected chi connectivity index (χ0v) is 13.8. The predicted molar refractivity (Wildman–Crippen MR) is 92.7 cm³/mol. The van der Waals surface area contributed by atoms with Crippen LogP contribution in [0.1, 0.15) is 70.3 Å². The lowest BCUT2D eigenvalue weighted by atomic mass is 9.90. The van der Waals surface area contributed by atoms with Crippen LogP contribution in [0.4, 0.5) is 0 Å². The van der Waals surface area contributed by atoms with Crippen molar-refractivity contribution in [2.45, 2.75) is 77.2 Å². The average Bonchev–Trinajstić information content (AvgIpc) is 2.77. The number of rotatable bonds is 8. The summed E-state index contributed by atoms with van der Waals surface area (Å²) in [5.74, 6) is 0.980. The van der Waals surface area contributed by atoms with Crippen LogP contribution >= 0.6 is 0 Å². The van der Waals surface area contributed by atoms with Gasteiger partial charge in [0.15, 0.2) is 0 Å². The monoisotopic (exact) mass is 287 g/mol. The highest BCUT2D eigenvalue weighted by Gasteiger charge is 2.17. The minimum atomic E-state index is 0.738. The van der Waals surface area contributed by atoms with E-state index in [0.29, 0.717) is 0 Å². The first kappa shape index (κ1) is 16.5. The van der Waals surface area contributed by atoms with Crippen molar-refractivity contribution in [2.24, 2.45) is 5.92 Å². The molecule has 1 saturated carbocycles. The van der Waals surface area contributed by atoms with Crippen molar-refractivity contribution < 1.29 is 0 Å². The van der Waals surface area contributed by atoms with E-state index in [9.17, 15) is 0 Å². The molecule has 0 spiro atoms. The van der Waals surface area contributed by atoms with E-state index in [-0.39, 0.29) is 0 Å². The molecule has 1 heteroatoms. The van der Waals surface area contributed by atoms with Crippen LogP contribution in [0.5, 0.6) is 0 Å². The quantitative estimate of drug-likeness (QED) is 0.636. The second-order valence-corrected chi connectivity index (χ2v) is 6.73. The summed E-state index contributed by atoms with van der Waals surface area (Å²) in [7, 11) is 0. The molecule has 1 aliphatic carbocycles. The van der Waals surface area contributed by atoms with Crippen LogP contribution < -0.4 is 5.32 Å². The Morgan fingerprint density at radius 3 is 2.43 bits per heavy atom. The van der Waals surface area contributed by atoms with Gasteiger partial charge in [-0.25, -0.2) is 0 Å². The van der Waals surface area contributed by atoms with Gasteiger partial charge in [-0.15, -0.1) is 0 Å². The molecule has 0 bridgehead atoms. The molecule has 0 saturated heterocycles. The van der Waals surface area contributed by atoms with Crippen LogP contribution in [0.2, 0.25) is 0 Å². The third-order valence-corrected chi connectivity index (χ3v) is 4.95. The van der Waals surface area contributed by atoms with Gasteiger partial charge in [0, 0.05) is 6.04 Å². The maximum Gasteiger partial charge on any atom is 0.00696 e. The summed E-state index contributed by atoms with van der Waals surface area (Å²) in [6, 6.07) is 11.7. The fourth-order valence-electron chi connectivity index (χ4n) is 3.79. The second-order valence-electron chi connectivity index (χ2n) is 6.73. The van der Waals surface area contributed by atoms with Crippen LogP contribution in [0.25, 0.3) is 0 Å². The van der Waals surface area contributed by atoms with Crippen LogP contribution in [0.15, 0.2) is 30.3 Å². The number of benzene rings is 1. The summed E-state index contributed by atoms with van der Waals surface area (Å²) >= 11 is 0. The zero-order valence-electron chi connectivity index (χ0n) is 13.8. The molecular formula is C20H33N. The molecule has 1 aromatic rings. The first-order valence-electron chi connectivity index (χ1n) is 9.15. The van der Waals surface area contributed by atoms with Gasteiger partial charge in [-0.1, -0.05) is 75.8 Å². The third-order valence-electron chi connectivity index (χ3n) is 4.95. The van der Waals surface area contributed by atoms with Gasteiger partial charge in [0.05, 0.1) is 0 Å². The first-order chi connectivity index (χ1) is 10.4. The molecular weight excluding hydrogens is 254 g/mol. The Bertz CT molecular complexity index is 351. The van der Waals surface area contributed by atoms with Gasteiger partial charge in [0.25, 0.3) is 0 Å². The Balaban J connectivity index is 1.72. The van der Waals surface area contributed by atoms with Gasteiger partial charge in [0.1, 0.15) is 0 Å². The van der Waals surface area contributed by atoms with E-state index >= 15 is 0 Å². The molecule has 118 valence electrons. The Morgan fingerprint density at radius 1 is 1.05 bits per heavy atom. The zero-order chi connectivity index (χ0) is 14.8. The smallest absolute Gasteiger partial charge is 0.00696 e. The van der Waals surface area contributed by atoms with E-state index < -0.39 is 0 Å². The number of hydrogen-bond donors (Lipinski definition) is 1. The topological polar surface area (TPSA) is 12.0 Å². The summed E-state index contributed by atoms with van der Waals surface area (Å²) < 4.78 is 0. The van der Waals surface area contributed by atoms with Gasteiger partial charge < -0.3 is 5.32 Å². The maximum absolute atomic E-state index is 3.74. The van der Waals surface area contributed by atoms with E-state index in [0.717, 1.165) is 18.5 Å². The number of nitrogens with one attached hydrogen (secondary N) is 1. The molecule has 1 nitrogen and oxygen atoms in total. The van der Waals surface area contributed by atoms with Crippen molar-refractivity contribution in [1.29, 1.82) is 0 Å². The molecule has 0 heterocycles. The molecule has 1 aliphatic rings. The minimum absolute atomic E-state index is 0.738. The molecule has 0 radical (unpaired) electrons. The highest BCUT2D eigenvalue weighted by atomic mass is 14.9. The fraction of sp³-hybridized carbons (Fsp3) is 0.700. The van der Waals surface area contributed by atoms with Crippen molar-refractivity contribution in [3.63, 3.8) is 0 Å². The van der Waals surface area contributed by atoms with Gasteiger partial charge in [0.2, 0.25) is 0 Å². The van der Waals surface area contributed by atoms with Crippen molar-refractivity contribution in [3.8, 4) is 0 Å². The lowest BCUT2D eigenvalue weighted by Gasteiger charge is -2.23. The van der Waals surface area contributed by atoms with Gasteiger partial charge >= 0.3 is 0 Å². The normalized spacial score (nSPS) is 18.3. The molecule has 1 unspecified atom stereocenters. The fourth-order valence-corrected chi connectivity index (χ4v) is 3.79. The Labute approximate surface area is 131 Å². The van der Waals surface area contributed by atoms with E-state index in [4.69, 9.17) is 0 Å². The molecule has 2 rings (SSSR count). The highest BCUT2D eigenvalue weighted by molar-refractivity contribution is 5.14. The summed E-state index contributed by atoms with van der Waals surface area (Å²) in [6.07, 6.45) is 14.1. The molecule has 1 N–H and O–H groups in total. The summed E-state index contributed by atoms with van der Waals surface area (Å²) in [5, 5.41) is 3.74. The lowest BCUT2D eigenvalue weighted by molar-refractivity contribution is 0.338. The SMILES string of the molecule is CCNC(CCCc1ccccc1)CC1CCCCCC1. The highest BCUT2D eigenvalue weighted by Crippen LogP contribution is 2.27. The van der Waals surface area contributed by atoms with Crippen LogP contribution in [0, 0.1) is 5.92 Å². The molecule has 21 heavy (non-hydrogen) atoms. The standard InChI is InChI=1S/C20H33N/c1-2-21-20(17-19-13-6-3-4-7-14-19)16-10-15-18-11-8-5-9-12-18/h5,8-9,11-12,19-21H,2-4,6-7,10,13-17H2,1H3.